The number of nitrogens with one attached hydrogen (secondary N) is 2. The Kier molecular flexibility index (Phi) is 3.32. The van der Waals surface area contributed by atoms with Crippen molar-refractivity contribution in [3.63, 3.8) is 0 Å². The number of rotatable bonds is 3. The van der Waals surface area contributed by atoms with Crippen molar-refractivity contribution < 1.29 is 5.11 Å². The van der Waals surface area contributed by atoms with E-state index in [9.17, 15) is 9.90 Å². The lowest BCUT2D eigenvalue weighted by atomic mass is 10.1. The lowest BCUT2D eigenvalue weighted by Gasteiger charge is -2.07. The summed E-state index contributed by atoms with van der Waals surface area (Å²) in [5.41, 5.74) is 1.92. The summed E-state index contributed by atoms with van der Waals surface area (Å²) in [4.78, 5) is 18.0. The molecule has 2 rings (SSSR count). The zero-order valence-electron chi connectivity index (χ0n) is 10.3. The van der Waals surface area contributed by atoms with Crippen LogP contribution in [0.4, 0.5) is 5.69 Å². The van der Waals surface area contributed by atoms with E-state index in [-0.39, 0.29) is 17.1 Å². The van der Waals surface area contributed by atoms with E-state index in [4.69, 9.17) is 0 Å². The molecule has 0 atom stereocenters. The summed E-state index contributed by atoms with van der Waals surface area (Å²) in [7, 11) is 0. The molecular weight excluding hydrogens is 230 g/mol. The molecule has 5 nitrogen and oxygen atoms in total. The number of aromatic amines is 1. The molecule has 2 aromatic rings. The Bertz CT molecular complexity index is 620. The van der Waals surface area contributed by atoms with Crippen LogP contribution in [0.3, 0.4) is 0 Å². The Labute approximate surface area is 105 Å². The third-order valence-electron chi connectivity index (χ3n) is 2.57. The van der Waals surface area contributed by atoms with Gasteiger partial charge >= 0.3 is 0 Å². The third kappa shape index (κ3) is 2.68. The summed E-state index contributed by atoms with van der Waals surface area (Å²) in [5, 5.41) is 12.5. The normalized spacial score (nSPS) is 10.3. The lowest BCUT2D eigenvalue weighted by molar-refractivity contribution is 0.451. The molecule has 0 radical (unpaired) electrons. The van der Waals surface area contributed by atoms with Crippen molar-refractivity contribution in [1.82, 2.24) is 9.97 Å². The smallest absolute Gasteiger partial charge is 0.278 e. The third-order valence-corrected chi connectivity index (χ3v) is 2.57. The molecule has 1 aromatic carbocycles. The van der Waals surface area contributed by atoms with Crippen molar-refractivity contribution in [2.24, 2.45) is 0 Å². The zero-order valence-corrected chi connectivity index (χ0v) is 10.3. The second-order valence-corrected chi connectivity index (χ2v) is 4.19. The summed E-state index contributed by atoms with van der Waals surface area (Å²) < 4.78 is 0. The summed E-state index contributed by atoms with van der Waals surface area (Å²) in [6, 6.07) is 7.91. The predicted octanol–water partition coefficient (Wildman–Crippen LogP) is 1.70. The minimum Gasteiger partial charge on any atom is -0.492 e. The van der Waals surface area contributed by atoms with Gasteiger partial charge in [-0.1, -0.05) is 29.8 Å². The van der Waals surface area contributed by atoms with Gasteiger partial charge in [-0.25, -0.2) is 0 Å². The Morgan fingerprint density at radius 2 is 2.17 bits per heavy atom. The standard InChI is InChI=1S/C13H15N3O2/c1-8-4-3-5-10(6-8)7-14-11-12(17)15-9(2)16-13(11)18/h3-6,14H,7H2,1-2H3,(H2,15,16,17,18). The van der Waals surface area contributed by atoms with Gasteiger partial charge in [0.25, 0.3) is 5.56 Å². The van der Waals surface area contributed by atoms with Crippen LogP contribution in [0.25, 0.3) is 0 Å². The van der Waals surface area contributed by atoms with Gasteiger partial charge in [0.2, 0.25) is 5.88 Å². The van der Waals surface area contributed by atoms with Crippen molar-refractivity contribution >= 4 is 5.69 Å². The Morgan fingerprint density at radius 3 is 2.83 bits per heavy atom. The van der Waals surface area contributed by atoms with Crippen molar-refractivity contribution in [3.05, 3.63) is 51.6 Å². The molecule has 94 valence electrons. The molecule has 0 saturated heterocycles. The second kappa shape index (κ2) is 4.91. The first-order chi connectivity index (χ1) is 8.56. The first-order valence-corrected chi connectivity index (χ1v) is 5.65. The molecule has 5 heteroatoms. The molecule has 0 aliphatic carbocycles. The van der Waals surface area contributed by atoms with E-state index in [1.807, 2.05) is 31.2 Å². The first kappa shape index (κ1) is 12.2. The van der Waals surface area contributed by atoms with Crippen LogP contribution in [0.15, 0.2) is 29.1 Å². The van der Waals surface area contributed by atoms with E-state index in [1.165, 1.54) is 0 Å². The molecule has 18 heavy (non-hydrogen) atoms. The molecule has 3 N–H and O–H groups in total. The summed E-state index contributed by atoms with van der Waals surface area (Å²) in [6.45, 7) is 4.08. The van der Waals surface area contributed by atoms with E-state index >= 15 is 0 Å². The van der Waals surface area contributed by atoms with Crippen molar-refractivity contribution in [1.29, 1.82) is 0 Å². The highest BCUT2D eigenvalue weighted by molar-refractivity contribution is 5.50. The average molecular weight is 245 g/mol. The number of nitrogens with zero attached hydrogens (tertiary/aromatic N) is 1. The highest BCUT2D eigenvalue weighted by Crippen LogP contribution is 2.15. The van der Waals surface area contributed by atoms with Crippen LogP contribution in [0.1, 0.15) is 17.0 Å². The van der Waals surface area contributed by atoms with E-state index < -0.39 is 0 Å². The number of aromatic hydroxyl groups is 1. The van der Waals surface area contributed by atoms with Gasteiger partial charge in [0.05, 0.1) is 0 Å². The minimum absolute atomic E-state index is 0.0992. The summed E-state index contributed by atoms with van der Waals surface area (Å²) >= 11 is 0. The molecule has 0 saturated carbocycles. The number of hydrogen-bond donors (Lipinski definition) is 3. The van der Waals surface area contributed by atoms with Gasteiger partial charge < -0.3 is 15.4 Å². The Morgan fingerprint density at radius 1 is 1.39 bits per heavy atom. The van der Waals surface area contributed by atoms with Crippen LogP contribution in [-0.4, -0.2) is 15.1 Å². The van der Waals surface area contributed by atoms with Gasteiger partial charge in [-0.05, 0) is 19.4 Å². The minimum atomic E-state index is -0.368. The molecule has 0 bridgehead atoms. The fourth-order valence-corrected chi connectivity index (χ4v) is 1.74. The fraction of sp³-hybridized carbons (Fsp3) is 0.231. The number of anilines is 1. The molecule has 0 aliphatic rings. The molecule has 0 spiro atoms. The highest BCUT2D eigenvalue weighted by Gasteiger charge is 2.08. The Hall–Kier alpha value is -2.30. The first-order valence-electron chi connectivity index (χ1n) is 5.65. The van der Waals surface area contributed by atoms with Crippen LogP contribution in [0.2, 0.25) is 0 Å². The van der Waals surface area contributed by atoms with Gasteiger partial charge in [0, 0.05) is 6.54 Å². The number of benzene rings is 1. The quantitative estimate of drug-likeness (QED) is 0.769. The number of aryl methyl sites for hydroxylation is 2. The lowest BCUT2D eigenvalue weighted by Crippen LogP contribution is -2.16. The molecule has 1 heterocycles. The van der Waals surface area contributed by atoms with E-state index in [0.717, 1.165) is 11.1 Å². The van der Waals surface area contributed by atoms with Crippen LogP contribution in [0.5, 0.6) is 5.88 Å². The molecule has 0 amide bonds. The maximum Gasteiger partial charge on any atom is 0.278 e. The van der Waals surface area contributed by atoms with Crippen LogP contribution in [0, 0.1) is 13.8 Å². The predicted molar refractivity (Wildman–Crippen MR) is 69.8 cm³/mol. The number of H-pyrrole nitrogens is 1. The van der Waals surface area contributed by atoms with Crippen molar-refractivity contribution in [2.75, 3.05) is 5.32 Å². The van der Waals surface area contributed by atoms with Gasteiger partial charge in [-0.2, -0.15) is 4.98 Å². The fourth-order valence-electron chi connectivity index (χ4n) is 1.74. The number of hydrogen-bond acceptors (Lipinski definition) is 4. The molecular formula is C13H15N3O2. The van der Waals surface area contributed by atoms with Crippen LogP contribution < -0.4 is 10.9 Å². The van der Waals surface area contributed by atoms with E-state index in [0.29, 0.717) is 12.4 Å². The largest absolute Gasteiger partial charge is 0.492 e. The van der Waals surface area contributed by atoms with E-state index in [1.54, 1.807) is 6.92 Å². The highest BCUT2D eigenvalue weighted by atomic mass is 16.3. The van der Waals surface area contributed by atoms with Gasteiger partial charge in [-0.15, -0.1) is 0 Å². The Balaban J connectivity index is 2.18. The van der Waals surface area contributed by atoms with Crippen molar-refractivity contribution in [3.8, 4) is 5.88 Å². The van der Waals surface area contributed by atoms with Crippen LogP contribution in [-0.2, 0) is 6.54 Å². The number of aromatic nitrogens is 2. The van der Waals surface area contributed by atoms with Gasteiger partial charge in [-0.3, -0.25) is 4.79 Å². The second-order valence-electron chi connectivity index (χ2n) is 4.19. The molecule has 1 aromatic heterocycles. The van der Waals surface area contributed by atoms with Gasteiger partial charge in [0.15, 0.2) is 5.69 Å². The van der Waals surface area contributed by atoms with Crippen LogP contribution >= 0.6 is 0 Å². The SMILES string of the molecule is Cc1cccc(CNc2c(O)nc(C)[nH]c2=O)c1. The summed E-state index contributed by atoms with van der Waals surface area (Å²) in [6.07, 6.45) is 0. The zero-order chi connectivity index (χ0) is 13.1. The van der Waals surface area contributed by atoms with Crippen molar-refractivity contribution in [2.45, 2.75) is 20.4 Å². The monoisotopic (exact) mass is 245 g/mol. The average Bonchev–Trinajstić information content (AvgIpc) is 2.27. The topological polar surface area (TPSA) is 78.0 Å². The summed E-state index contributed by atoms with van der Waals surface area (Å²) in [5.74, 6) is 0.113. The molecule has 0 aliphatic heterocycles. The molecule has 0 unspecified atom stereocenters. The maximum absolute atomic E-state index is 11.6. The molecule has 0 fully saturated rings. The van der Waals surface area contributed by atoms with E-state index in [2.05, 4.69) is 15.3 Å². The van der Waals surface area contributed by atoms with Gasteiger partial charge in [0.1, 0.15) is 5.82 Å². The maximum atomic E-state index is 11.6.